The van der Waals surface area contributed by atoms with Crippen molar-refractivity contribution in [3.8, 4) is 0 Å². The Kier molecular flexibility index (Phi) is 2.80. The number of nitrogens with one attached hydrogen (secondary N) is 1. The van der Waals surface area contributed by atoms with E-state index in [1.165, 1.54) is 0 Å². The number of pyridine rings is 1. The first-order valence-corrected chi connectivity index (χ1v) is 6.48. The van der Waals surface area contributed by atoms with Crippen molar-refractivity contribution in [2.45, 2.75) is 25.4 Å². The van der Waals surface area contributed by atoms with Gasteiger partial charge in [0.15, 0.2) is 0 Å². The van der Waals surface area contributed by atoms with E-state index in [0.29, 0.717) is 6.54 Å². The quantitative estimate of drug-likeness (QED) is 0.805. The van der Waals surface area contributed by atoms with Gasteiger partial charge in [-0.2, -0.15) is 0 Å². The summed E-state index contributed by atoms with van der Waals surface area (Å²) in [5.74, 6) is 0. The summed E-state index contributed by atoms with van der Waals surface area (Å²) >= 11 is 0. The van der Waals surface area contributed by atoms with E-state index in [4.69, 9.17) is 0 Å². The van der Waals surface area contributed by atoms with E-state index >= 15 is 0 Å². The van der Waals surface area contributed by atoms with E-state index in [0.717, 1.165) is 41.5 Å². The second-order valence-electron chi connectivity index (χ2n) is 5.17. The number of hydrogen-bond donors (Lipinski definition) is 2. The molecule has 3 heteroatoms. The van der Waals surface area contributed by atoms with Crippen molar-refractivity contribution in [1.29, 1.82) is 0 Å². The number of aliphatic hydroxyl groups is 1. The van der Waals surface area contributed by atoms with Crippen LogP contribution in [0.2, 0.25) is 0 Å². The van der Waals surface area contributed by atoms with Crippen LogP contribution in [0.3, 0.4) is 0 Å². The Bertz CT molecular complexity index is 574. The van der Waals surface area contributed by atoms with Gasteiger partial charge in [-0.25, -0.2) is 0 Å². The zero-order valence-corrected chi connectivity index (χ0v) is 10.6. The van der Waals surface area contributed by atoms with Gasteiger partial charge in [0.1, 0.15) is 5.60 Å². The predicted molar refractivity (Wildman–Crippen MR) is 72.5 cm³/mol. The number of aromatic nitrogens is 1. The van der Waals surface area contributed by atoms with Gasteiger partial charge in [0, 0.05) is 17.6 Å². The summed E-state index contributed by atoms with van der Waals surface area (Å²) in [6.45, 7) is 3.63. The Labute approximate surface area is 107 Å². The van der Waals surface area contributed by atoms with E-state index in [9.17, 15) is 5.11 Å². The van der Waals surface area contributed by atoms with Gasteiger partial charge >= 0.3 is 0 Å². The zero-order valence-electron chi connectivity index (χ0n) is 10.6. The van der Waals surface area contributed by atoms with Crippen LogP contribution in [-0.2, 0) is 5.60 Å². The normalized spacial score (nSPS) is 24.3. The Morgan fingerprint density at radius 1 is 1.28 bits per heavy atom. The summed E-state index contributed by atoms with van der Waals surface area (Å²) in [5.41, 5.74) is 2.28. The summed E-state index contributed by atoms with van der Waals surface area (Å²) in [7, 11) is 0. The van der Waals surface area contributed by atoms with E-state index in [2.05, 4.69) is 22.4 Å². The maximum Gasteiger partial charge on any atom is 0.102 e. The van der Waals surface area contributed by atoms with Crippen LogP contribution in [0, 0.1) is 6.92 Å². The molecule has 0 amide bonds. The molecule has 2 N–H and O–H groups in total. The SMILES string of the molecule is Cc1ccc2cc(C3(O)CCCNC3)ccc2n1. The lowest BCUT2D eigenvalue weighted by atomic mass is 9.86. The van der Waals surface area contributed by atoms with Crippen LogP contribution in [-0.4, -0.2) is 23.2 Å². The standard InChI is InChI=1S/C15H18N2O/c1-11-3-4-12-9-13(5-6-14(12)17-11)15(18)7-2-8-16-10-15/h3-6,9,16,18H,2,7-8,10H2,1H3. The molecule has 3 nitrogen and oxygen atoms in total. The average Bonchev–Trinajstić information content (AvgIpc) is 2.39. The fourth-order valence-electron chi connectivity index (χ4n) is 2.65. The maximum atomic E-state index is 10.7. The van der Waals surface area contributed by atoms with Crippen molar-refractivity contribution in [3.63, 3.8) is 0 Å². The molecule has 1 aromatic heterocycles. The van der Waals surface area contributed by atoms with Crippen LogP contribution in [0.4, 0.5) is 0 Å². The number of aryl methyl sites for hydroxylation is 1. The van der Waals surface area contributed by atoms with Gasteiger partial charge in [-0.3, -0.25) is 4.98 Å². The molecular weight excluding hydrogens is 224 g/mol. The molecule has 0 aliphatic carbocycles. The molecule has 0 bridgehead atoms. The number of fused-ring (bicyclic) bond motifs is 1. The number of piperidine rings is 1. The van der Waals surface area contributed by atoms with Crippen molar-refractivity contribution in [2.75, 3.05) is 13.1 Å². The third kappa shape index (κ3) is 2.00. The van der Waals surface area contributed by atoms with Crippen molar-refractivity contribution in [1.82, 2.24) is 10.3 Å². The summed E-state index contributed by atoms with van der Waals surface area (Å²) in [6, 6.07) is 10.1. The van der Waals surface area contributed by atoms with Crippen molar-refractivity contribution >= 4 is 10.9 Å². The number of β-amino-alcohol motifs (C(OH)–C–C–N with tert-alkyl or cyclic N) is 1. The molecule has 0 spiro atoms. The highest BCUT2D eigenvalue weighted by molar-refractivity contribution is 5.79. The molecule has 1 unspecified atom stereocenters. The topological polar surface area (TPSA) is 45.1 Å². The number of rotatable bonds is 1. The Morgan fingerprint density at radius 3 is 2.94 bits per heavy atom. The first kappa shape index (κ1) is 11.6. The third-order valence-electron chi connectivity index (χ3n) is 3.73. The maximum absolute atomic E-state index is 10.7. The number of nitrogens with zero attached hydrogens (tertiary/aromatic N) is 1. The molecular formula is C15H18N2O. The minimum absolute atomic E-state index is 0.637. The van der Waals surface area contributed by atoms with Crippen molar-refractivity contribution in [2.24, 2.45) is 0 Å². The van der Waals surface area contributed by atoms with E-state index in [1.807, 2.05) is 25.1 Å². The lowest BCUT2D eigenvalue weighted by molar-refractivity contribution is 0.0124. The molecule has 3 rings (SSSR count). The van der Waals surface area contributed by atoms with Crippen molar-refractivity contribution < 1.29 is 5.11 Å². The summed E-state index contributed by atoms with van der Waals surface area (Å²) in [6.07, 6.45) is 1.84. The molecule has 18 heavy (non-hydrogen) atoms. The lowest BCUT2D eigenvalue weighted by Crippen LogP contribution is -2.43. The number of benzene rings is 1. The third-order valence-corrected chi connectivity index (χ3v) is 3.73. The Balaban J connectivity index is 2.05. The monoisotopic (exact) mass is 242 g/mol. The van der Waals surface area contributed by atoms with Gasteiger partial charge in [-0.15, -0.1) is 0 Å². The smallest absolute Gasteiger partial charge is 0.102 e. The van der Waals surface area contributed by atoms with E-state index in [1.54, 1.807) is 0 Å². The first-order chi connectivity index (χ1) is 8.67. The molecule has 1 atom stereocenters. The van der Waals surface area contributed by atoms with Crippen LogP contribution >= 0.6 is 0 Å². The first-order valence-electron chi connectivity index (χ1n) is 6.48. The Morgan fingerprint density at radius 2 is 2.17 bits per heavy atom. The van der Waals surface area contributed by atoms with E-state index < -0.39 is 5.60 Å². The fourth-order valence-corrected chi connectivity index (χ4v) is 2.65. The summed E-state index contributed by atoms with van der Waals surface area (Å²) in [5, 5.41) is 15.0. The van der Waals surface area contributed by atoms with Crippen LogP contribution in [0.1, 0.15) is 24.1 Å². The van der Waals surface area contributed by atoms with Gasteiger partial charge < -0.3 is 10.4 Å². The number of hydrogen-bond acceptors (Lipinski definition) is 3. The Hall–Kier alpha value is -1.45. The highest BCUT2D eigenvalue weighted by atomic mass is 16.3. The van der Waals surface area contributed by atoms with Crippen molar-refractivity contribution in [3.05, 3.63) is 41.6 Å². The largest absolute Gasteiger partial charge is 0.384 e. The highest BCUT2D eigenvalue weighted by Crippen LogP contribution is 2.30. The minimum atomic E-state index is -0.725. The van der Waals surface area contributed by atoms with Gasteiger partial charge in [-0.05, 0) is 50.1 Å². The second kappa shape index (κ2) is 4.34. The van der Waals surface area contributed by atoms with Gasteiger partial charge in [0.05, 0.1) is 5.52 Å². The van der Waals surface area contributed by atoms with Crippen LogP contribution < -0.4 is 5.32 Å². The van der Waals surface area contributed by atoms with Crippen LogP contribution in [0.5, 0.6) is 0 Å². The molecule has 1 aliphatic heterocycles. The molecule has 0 saturated carbocycles. The molecule has 1 fully saturated rings. The molecule has 94 valence electrons. The predicted octanol–water partition coefficient (Wildman–Crippen LogP) is 2.11. The fraction of sp³-hybridized carbons (Fsp3) is 0.400. The highest BCUT2D eigenvalue weighted by Gasteiger charge is 2.31. The summed E-state index contributed by atoms with van der Waals surface area (Å²) < 4.78 is 0. The minimum Gasteiger partial charge on any atom is -0.384 e. The molecule has 1 aromatic carbocycles. The molecule has 2 heterocycles. The summed E-state index contributed by atoms with van der Waals surface area (Å²) in [4.78, 5) is 4.49. The van der Waals surface area contributed by atoms with Crippen LogP contribution in [0.15, 0.2) is 30.3 Å². The van der Waals surface area contributed by atoms with E-state index in [-0.39, 0.29) is 0 Å². The lowest BCUT2D eigenvalue weighted by Gasteiger charge is -2.33. The molecule has 0 radical (unpaired) electrons. The zero-order chi connectivity index (χ0) is 12.6. The average molecular weight is 242 g/mol. The molecule has 2 aromatic rings. The van der Waals surface area contributed by atoms with Crippen LogP contribution in [0.25, 0.3) is 10.9 Å². The van der Waals surface area contributed by atoms with Gasteiger partial charge in [0.2, 0.25) is 0 Å². The van der Waals surface area contributed by atoms with Gasteiger partial charge in [-0.1, -0.05) is 12.1 Å². The molecule has 1 aliphatic rings. The van der Waals surface area contributed by atoms with Gasteiger partial charge in [0.25, 0.3) is 0 Å². The molecule has 1 saturated heterocycles. The second-order valence-corrected chi connectivity index (χ2v) is 5.17.